The molecule has 0 aromatic heterocycles. The lowest BCUT2D eigenvalue weighted by atomic mass is 10.1. The third-order valence-corrected chi connectivity index (χ3v) is 7.99. The number of likely N-dealkylation sites (N-methyl/N-ethyl adjacent to an activating group) is 1. The number of aliphatic carboxylic acids is 1. The van der Waals surface area contributed by atoms with Crippen molar-refractivity contribution in [3.63, 3.8) is 0 Å². The van der Waals surface area contributed by atoms with Crippen molar-refractivity contribution in [3.05, 3.63) is 48.6 Å². The number of unbranched alkanes of at least 4 members (excludes halogenated alkanes) is 10. The monoisotopic (exact) mass is 677 g/mol. The number of rotatable bonds is 32. The van der Waals surface area contributed by atoms with Gasteiger partial charge in [0.25, 0.3) is 0 Å². The molecule has 0 radical (unpaired) electrons. The maximum Gasteiger partial charge on any atom is 0.362 e. The predicted octanol–water partition coefficient (Wildman–Crippen LogP) is 9.29. The van der Waals surface area contributed by atoms with Crippen molar-refractivity contribution >= 4 is 17.9 Å². The van der Waals surface area contributed by atoms with Gasteiger partial charge in [-0.15, -0.1) is 0 Å². The van der Waals surface area contributed by atoms with Crippen LogP contribution in [0.5, 0.6) is 0 Å². The first-order chi connectivity index (χ1) is 23.1. The van der Waals surface area contributed by atoms with Crippen LogP contribution in [0.1, 0.15) is 136 Å². The first kappa shape index (κ1) is 45.3. The number of esters is 2. The van der Waals surface area contributed by atoms with Gasteiger partial charge >= 0.3 is 17.9 Å². The maximum atomic E-state index is 12.6. The van der Waals surface area contributed by atoms with Crippen LogP contribution < -0.4 is 0 Å². The molecule has 276 valence electrons. The summed E-state index contributed by atoms with van der Waals surface area (Å²) in [5, 5.41) is 9.53. The largest absolute Gasteiger partial charge is 0.477 e. The normalized spacial score (nSPS) is 13.6. The minimum Gasteiger partial charge on any atom is -0.477 e. The summed E-state index contributed by atoms with van der Waals surface area (Å²) in [4.78, 5) is 36.3. The second-order valence-corrected chi connectivity index (χ2v) is 13.5. The Kier molecular flexibility index (Phi) is 29.8. The van der Waals surface area contributed by atoms with E-state index in [1.165, 1.54) is 32.1 Å². The van der Waals surface area contributed by atoms with Gasteiger partial charge in [-0.05, 0) is 51.4 Å². The van der Waals surface area contributed by atoms with Crippen molar-refractivity contribution in [2.45, 2.75) is 148 Å². The fourth-order valence-electron chi connectivity index (χ4n) is 5.08. The summed E-state index contributed by atoms with van der Waals surface area (Å²) in [7, 11) is 5.49. The number of allylic oxidation sites excluding steroid dienone is 8. The van der Waals surface area contributed by atoms with Crippen molar-refractivity contribution in [3.8, 4) is 0 Å². The van der Waals surface area contributed by atoms with E-state index in [0.717, 1.165) is 70.6 Å². The van der Waals surface area contributed by atoms with E-state index < -0.39 is 18.1 Å². The Morgan fingerprint density at radius 3 is 1.73 bits per heavy atom. The molecule has 0 aliphatic rings. The zero-order valence-corrected chi connectivity index (χ0v) is 31.2. The van der Waals surface area contributed by atoms with Crippen LogP contribution in [0, 0.1) is 0 Å². The highest BCUT2D eigenvalue weighted by molar-refractivity contribution is 5.72. The quantitative estimate of drug-likeness (QED) is 0.0328. The van der Waals surface area contributed by atoms with Gasteiger partial charge in [-0.25, -0.2) is 4.79 Å². The number of nitrogens with zero attached hydrogens (tertiary/aromatic N) is 1. The van der Waals surface area contributed by atoms with Gasteiger partial charge in [-0.1, -0.05) is 114 Å². The lowest BCUT2D eigenvalue weighted by Crippen LogP contribution is -2.50. The van der Waals surface area contributed by atoms with Crippen molar-refractivity contribution < 1.29 is 38.2 Å². The van der Waals surface area contributed by atoms with E-state index in [4.69, 9.17) is 14.2 Å². The Morgan fingerprint density at radius 2 is 1.17 bits per heavy atom. The first-order valence-electron chi connectivity index (χ1n) is 18.7. The fraction of sp³-hybridized carbons (Fsp3) is 0.725. The van der Waals surface area contributed by atoms with Crippen LogP contribution in [0.3, 0.4) is 0 Å². The molecule has 0 saturated heterocycles. The third-order valence-electron chi connectivity index (χ3n) is 7.99. The molecule has 8 nitrogen and oxygen atoms in total. The summed E-state index contributed by atoms with van der Waals surface area (Å²) >= 11 is 0. The summed E-state index contributed by atoms with van der Waals surface area (Å²) in [6, 6.07) is -0.613. The van der Waals surface area contributed by atoms with Gasteiger partial charge in [0.05, 0.1) is 34.4 Å². The van der Waals surface area contributed by atoms with Gasteiger partial charge in [-0.3, -0.25) is 9.59 Å². The molecule has 0 amide bonds. The highest BCUT2D eigenvalue weighted by atomic mass is 16.6. The molecule has 0 spiro atoms. The number of hydrogen-bond donors (Lipinski definition) is 1. The molecule has 0 fully saturated rings. The van der Waals surface area contributed by atoms with E-state index in [2.05, 4.69) is 62.5 Å². The average Bonchev–Trinajstić information content (AvgIpc) is 3.03. The number of hydrogen-bond acceptors (Lipinski definition) is 6. The molecule has 0 aliphatic heterocycles. The van der Waals surface area contributed by atoms with Gasteiger partial charge in [0.1, 0.15) is 6.61 Å². The number of ether oxygens (including phenoxy) is 3. The summed E-state index contributed by atoms with van der Waals surface area (Å²) in [5.41, 5.74) is 0. The zero-order valence-electron chi connectivity index (χ0n) is 31.2. The minimum atomic E-state index is -0.882. The van der Waals surface area contributed by atoms with Gasteiger partial charge in [0, 0.05) is 19.3 Å². The zero-order chi connectivity index (χ0) is 35.7. The second kappa shape index (κ2) is 31.6. The van der Waals surface area contributed by atoms with Crippen LogP contribution in [-0.2, 0) is 28.6 Å². The maximum absolute atomic E-state index is 12.6. The molecular formula is C40H70NO7+. The van der Waals surface area contributed by atoms with E-state index in [0.29, 0.717) is 19.3 Å². The SMILES string of the molecule is CC/C=C\C/C=C\C/C=C\C/C=C\CCCCCCCCCCC(=O)OC(COCCC(C(=O)O)[N+](C)(C)C)COC(=O)CCCCC. The molecule has 0 aromatic carbocycles. The molecule has 0 aromatic rings. The molecule has 0 bridgehead atoms. The molecule has 1 N–H and O–H groups in total. The second-order valence-electron chi connectivity index (χ2n) is 13.5. The highest BCUT2D eigenvalue weighted by Crippen LogP contribution is 2.13. The third kappa shape index (κ3) is 29.4. The molecule has 2 atom stereocenters. The summed E-state index contributed by atoms with van der Waals surface area (Å²) in [6.07, 6.45) is 35.1. The van der Waals surface area contributed by atoms with Crippen LogP contribution in [0.15, 0.2) is 48.6 Å². The van der Waals surface area contributed by atoms with Crippen LogP contribution in [0.25, 0.3) is 0 Å². The standard InChI is InChI=1S/C40H69NO7/c1-6-8-10-11-12-13-14-15-16-17-18-19-20-21-22-23-24-25-26-27-29-31-39(43)48-36(35-47-38(42)30-28-9-7-2)34-46-33-32-37(40(44)45)41(3,4)5/h8,10,12-13,15-16,18-19,36-37H,6-7,9,11,14,17,20-35H2,1-5H3/p+1/b10-8-,13-12-,16-15-,19-18-. The highest BCUT2D eigenvalue weighted by Gasteiger charge is 2.31. The van der Waals surface area contributed by atoms with Gasteiger partial charge in [0.2, 0.25) is 0 Å². The van der Waals surface area contributed by atoms with Gasteiger partial charge in [0.15, 0.2) is 12.1 Å². The number of carboxylic acids is 1. The molecule has 0 heterocycles. The number of carboxylic acid groups (broad SMARTS) is 1. The van der Waals surface area contributed by atoms with E-state index in [9.17, 15) is 19.5 Å². The van der Waals surface area contributed by atoms with E-state index in [-0.39, 0.29) is 36.2 Å². The van der Waals surface area contributed by atoms with Crippen LogP contribution in [-0.4, -0.2) is 80.6 Å². The fourth-order valence-corrected chi connectivity index (χ4v) is 5.08. The molecule has 48 heavy (non-hydrogen) atoms. The molecule has 2 unspecified atom stereocenters. The van der Waals surface area contributed by atoms with Crippen LogP contribution >= 0.6 is 0 Å². The van der Waals surface area contributed by atoms with Crippen molar-refractivity contribution in [2.75, 3.05) is 41.0 Å². The molecule has 0 rings (SSSR count). The van der Waals surface area contributed by atoms with Gasteiger partial charge < -0.3 is 23.8 Å². The van der Waals surface area contributed by atoms with Crippen LogP contribution in [0.4, 0.5) is 0 Å². The lowest BCUT2D eigenvalue weighted by Gasteiger charge is -2.31. The summed E-state index contributed by atoms with van der Waals surface area (Å²) in [6.45, 7) is 4.42. The summed E-state index contributed by atoms with van der Waals surface area (Å²) in [5.74, 6) is -1.51. The number of carbonyl (C=O) groups excluding carboxylic acids is 2. The lowest BCUT2D eigenvalue weighted by molar-refractivity contribution is -0.887. The Balaban J connectivity index is 4.15. The topological polar surface area (TPSA) is 99.1 Å². The molecule has 0 aliphatic carbocycles. The van der Waals surface area contributed by atoms with Crippen molar-refractivity contribution in [1.29, 1.82) is 0 Å². The smallest absolute Gasteiger partial charge is 0.362 e. The first-order valence-corrected chi connectivity index (χ1v) is 18.7. The Labute approximate surface area is 293 Å². The van der Waals surface area contributed by atoms with E-state index >= 15 is 0 Å². The van der Waals surface area contributed by atoms with Gasteiger partial charge in [-0.2, -0.15) is 0 Å². The predicted molar refractivity (Wildman–Crippen MR) is 197 cm³/mol. The average molecular weight is 677 g/mol. The number of quaternary nitrogens is 1. The Bertz CT molecular complexity index is 932. The van der Waals surface area contributed by atoms with Crippen molar-refractivity contribution in [2.24, 2.45) is 0 Å². The molecular weight excluding hydrogens is 606 g/mol. The molecule has 8 heteroatoms. The van der Waals surface area contributed by atoms with E-state index in [1.54, 1.807) is 0 Å². The van der Waals surface area contributed by atoms with Crippen LogP contribution in [0.2, 0.25) is 0 Å². The minimum absolute atomic E-state index is 0.0553. The molecule has 0 saturated carbocycles. The van der Waals surface area contributed by atoms with E-state index in [1.807, 2.05) is 21.1 Å². The Hall–Kier alpha value is -2.71. The summed E-state index contributed by atoms with van der Waals surface area (Å²) < 4.78 is 17.0. The Morgan fingerprint density at radius 1 is 0.646 bits per heavy atom. The van der Waals surface area contributed by atoms with Crippen molar-refractivity contribution in [1.82, 2.24) is 0 Å². The number of carbonyl (C=O) groups is 3.